The molecule has 6 heteroatoms. The van der Waals surface area contributed by atoms with E-state index in [1.165, 1.54) is 6.20 Å². The minimum Gasteiger partial charge on any atom is -0.462 e. The summed E-state index contributed by atoms with van der Waals surface area (Å²) in [6.45, 7) is 4.04. The number of nitrogens with one attached hydrogen (secondary N) is 2. The number of anilines is 2. The number of hydrogen-bond acceptors (Lipinski definition) is 5. The maximum absolute atomic E-state index is 12.7. The summed E-state index contributed by atoms with van der Waals surface area (Å²) in [6, 6.07) is 18.5. The highest BCUT2D eigenvalue weighted by Crippen LogP contribution is 2.21. The smallest absolute Gasteiger partial charge is 0.340 e. The lowest BCUT2D eigenvalue weighted by Crippen LogP contribution is -2.16. The third-order valence-corrected chi connectivity index (χ3v) is 4.35. The molecule has 0 saturated heterocycles. The minimum atomic E-state index is -0.478. The molecular formula is C23H23N3O3. The molecule has 2 N–H and O–H groups in total. The van der Waals surface area contributed by atoms with Gasteiger partial charge in [0.1, 0.15) is 0 Å². The van der Waals surface area contributed by atoms with Crippen LogP contribution in [0.25, 0.3) is 0 Å². The number of amides is 1. The zero-order valence-electron chi connectivity index (χ0n) is 16.4. The van der Waals surface area contributed by atoms with Crippen LogP contribution >= 0.6 is 0 Å². The fourth-order valence-electron chi connectivity index (χ4n) is 2.89. The Bertz CT molecular complexity index is 989. The van der Waals surface area contributed by atoms with Crippen LogP contribution in [0.15, 0.2) is 73.1 Å². The Hall–Kier alpha value is -3.67. The van der Waals surface area contributed by atoms with E-state index in [1.807, 2.05) is 37.3 Å². The lowest BCUT2D eigenvalue weighted by Gasteiger charge is -2.16. The first-order chi connectivity index (χ1) is 14.1. The molecule has 1 atom stereocenters. The average molecular weight is 389 g/mol. The van der Waals surface area contributed by atoms with E-state index in [2.05, 4.69) is 15.6 Å². The molecule has 148 valence electrons. The van der Waals surface area contributed by atoms with Crippen LogP contribution in [-0.2, 0) is 4.74 Å². The van der Waals surface area contributed by atoms with Gasteiger partial charge in [0.05, 0.1) is 29.1 Å². The number of esters is 1. The molecule has 1 heterocycles. The van der Waals surface area contributed by atoms with E-state index in [1.54, 1.807) is 43.5 Å². The average Bonchev–Trinajstić information content (AvgIpc) is 2.75. The van der Waals surface area contributed by atoms with E-state index >= 15 is 0 Å². The van der Waals surface area contributed by atoms with Gasteiger partial charge in [-0.15, -0.1) is 0 Å². The fourth-order valence-corrected chi connectivity index (χ4v) is 2.89. The molecule has 0 aliphatic rings. The van der Waals surface area contributed by atoms with E-state index in [0.29, 0.717) is 16.8 Å². The van der Waals surface area contributed by atoms with Crippen LogP contribution in [0.5, 0.6) is 0 Å². The molecule has 0 radical (unpaired) electrons. The monoisotopic (exact) mass is 389 g/mol. The molecule has 0 saturated carbocycles. The van der Waals surface area contributed by atoms with Crippen LogP contribution < -0.4 is 10.6 Å². The second-order valence-electron chi connectivity index (χ2n) is 6.46. The Morgan fingerprint density at radius 2 is 1.76 bits per heavy atom. The van der Waals surface area contributed by atoms with Gasteiger partial charge in [-0.3, -0.25) is 9.78 Å². The molecule has 1 unspecified atom stereocenters. The summed E-state index contributed by atoms with van der Waals surface area (Å²) in [5.41, 5.74) is 2.95. The molecule has 0 bridgehead atoms. The van der Waals surface area contributed by atoms with Crippen LogP contribution in [0.2, 0.25) is 0 Å². The molecule has 6 nitrogen and oxygen atoms in total. The fraction of sp³-hybridized carbons (Fsp3) is 0.174. The van der Waals surface area contributed by atoms with Crippen molar-refractivity contribution in [3.63, 3.8) is 0 Å². The zero-order valence-corrected chi connectivity index (χ0v) is 16.4. The van der Waals surface area contributed by atoms with Gasteiger partial charge in [-0.05, 0) is 37.6 Å². The zero-order chi connectivity index (χ0) is 20.6. The normalized spacial score (nSPS) is 11.4. The van der Waals surface area contributed by atoms with Gasteiger partial charge in [-0.2, -0.15) is 0 Å². The van der Waals surface area contributed by atoms with Crippen molar-refractivity contribution < 1.29 is 14.3 Å². The number of aromatic nitrogens is 1. The lowest BCUT2D eigenvalue weighted by atomic mass is 10.1. The molecule has 0 spiro atoms. The van der Waals surface area contributed by atoms with Gasteiger partial charge in [0.2, 0.25) is 0 Å². The topological polar surface area (TPSA) is 80.3 Å². The summed E-state index contributed by atoms with van der Waals surface area (Å²) >= 11 is 0. The Morgan fingerprint density at radius 1 is 1.03 bits per heavy atom. The summed E-state index contributed by atoms with van der Waals surface area (Å²) in [7, 11) is 0. The Balaban J connectivity index is 1.74. The highest BCUT2D eigenvalue weighted by molar-refractivity contribution is 6.08. The standard InChI is InChI=1S/C23H23N3O3/c1-3-29-23(28)20-11-7-8-12-21(20)26-22(27)18-13-19(15-24-14-18)25-16(2)17-9-5-4-6-10-17/h4-16,25H,3H2,1-2H3,(H,26,27). The van der Waals surface area contributed by atoms with E-state index in [9.17, 15) is 9.59 Å². The van der Waals surface area contributed by atoms with Gasteiger partial charge in [-0.25, -0.2) is 4.79 Å². The van der Waals surface area contributed by atoms with Gasteiger partial charge in [0.15, 0.2) is 0 Å². The second kappa shape index (κ2) is 9.50. The molecule has 0 aliphatic heterocycles. The van der Waals surface area contributed by atoms with Crippen LogP contribution in [-0.4, -0.2) is 23.5 Å². The van der Waals surface area contributed by atoms with E-state index in [4.69, 9.17) is 4.74 Å². The quantitative estimate of drug-likeness (QED) is 0.573. The number of hydrogen-bond donors (Lipinski definition) is 2. The molecule has 1 amide bonds. The van der Waals surface area contributed by atoms with Crippen molar-refractivity contribution in [1.29, 1.82) is 0 Å². The molecule has 0 aliphatic carbocycles. The van der Waals surface area contributed by atoms with Gasteiger partial charge < -0.3 is 15.4 Å². The number of carbonyl (C=O) groups excluding carboxylic acids is 2. The molecule has 3 aromatic rings. The van der Waals surface area contributed by atoms with Gasteiger partial charge in [0.25, 0.3) is 5.91 Å². The molecule has 3 rings (SSSR count). The lowest BCUT2D eigenvalue weighted by molar-refractivity contribution is 0.0527. The number of carbonyl (C=O) groups is 2. The Labute approximate surface area is 169 Å². The van der Waals surface area contributed by atoms with Crippen LogP contribution in [0, 0.1) is 0 Å². The van der Waals surface area contributed by atoms with Crippen molar-refractivity contribution >= 4 is 23.3 Å². The van der Waals surface area contributed by atoms with Crippen molar-refractivity contribution in [3.05, 3.63) is 89.7 Å². The summed E-state index contributed by atoms with van der Waals surface area (Å²) in [5.74, 6) is -0.834. The van der Waals surface area contributed by atoms with Crippen molar-refractivity contribution in [2.24, 2.45) is 0 Å². The highest BCUT2D eigenvalue weighted by Gasteiger charge is 2.15. The number of benzene rings is 2. The number of rotatable bonds is 7. The molecule has 0 fully saturated rings. The number of nitrogens with zero attached hydrogens (tertiary/aromatic N) is 1. The number of para-hydroxylation sites is 1. The van der Waals surface area contributed by atoms with E-state index < -0.39 is 5.97 Å². The predicted molar refractivity (Wildman–Crippen MR) is 113 cm³/mol. The van der Waals surface area contributed by atoms with Crippen LogP contribution in [0.3, 0.4) is 0 Å². The summed E-state index contributed by atoms with van der Waals surface area (Å²) in [5, 5.41) is 6.12. The summed E-state index contributed by atoms with van der Waals surface area (Å²) in [6.07, 6.45) is 3.16. The van der Waals surface area contributed by atoms with Crippen molar-refractivity contribution in [3.8, 4) is 0 Å². The van der Waals surface area contributed by atoms with Crippen molar-refractivity contribution in [2.45, 2.75) is 19.9 Å². The first-order valence-corrected chi connectivity index (χ1v) is 9.42. The van der Waals surface area contributed by atoms with Crippen molar-refractivity contribution in [1.82, 2.24) is 4.98 Å². The second-order valence-corrected chi connectivity index (χ2v) is 6.46. The number of ether oxygens (including phenoxy) is 1. The largest absolute Gasteiger partial charge is 0.462 e. The Kier molecular flexibility index (Phi) is 6.58. The molecule has 2 aromatic carbocycles. The third kappa shape index (κ3) is 5.19. The Morgan fingerprint density at radius 3 is 2.52 bits per heavy atom. The SMILES string of the molecule is CCOC(=O)c1ccccc1NC(=O)c1cncc(NC(C)c2ccccc2)c1. The predicted octanol–water partition coefficient (Wildman–Crippen LogP) is 4.68. The maximum atomic E-state index is 12.7. The first kappa shape index (κ1) is 20.1. The maximum Gasteiger partial charge on any atom is 0.340 e. The number of pyridine rings is 1. The first-order valence-electron chi connectivity index (χ1n) is 9.42. The molecule has 29 heavy (non-hydrogen) atoms. The summed E-state index contributed by atoms with van der Waals surface area (Å²) in [4.78, 5) is 29.0. The molecular weight excluding hydrogens is 366 g/mol. The summed E-state index contributed by atoms with van der Waals surface area (Å²) < 4.78 is 5.05. The highest BCUT2D eigenvalue weighted by atomic mass is 16.5. The van der Waals surface area contributed by atoms with Crippen LogP contribution in [0.4, 0.5) is 11.4 Å². The van der Waals surface area contributed by atoms with Crippen LogP contribution in [0.1, 0.15) is 46.2 Å². The van der Waals surface area contributed by atoms with Gasteiger partial charge in [0, 0.05) is 18.4 Å². The van der Waals surface area contributed by atoms with E-state index in [-0.39, 0.29) is 18.6 Å². The van der Waals surface area contributed by atoms with Gasteiger partial charge in [-0.1, -0.05) is 42.5 Å². The third-order valence-electron chi connectivity index (χ3n) is 4.35. The van der Waals surface area contributed by atoms with E-state index in [0.717, 1.165) is 11.3 Å². The minimum absolute atomic E-state index is 0.0563. The van der Waals surface area contributed by atoms with Gasteiger partial charge >= 0.3 is 5.97 Å². The molecule has 1 aromatic heterocycles. The van der Waals surface area contributed by atoms with Crippen molar-refractivity contribution in [2.75, 3.05) is 17.2 Å².